The number of thioether (sulfide) groups is 1. The molecule has 29 heavy (non-hydrogen) atoms. The van der Waals surface area contributed by atoms with Gasteiger partial charge in [-0.1, -0.05) is 36.0 Å². The van der Waals surface area contributed by atoms with Crippen LogP contribution in [-0.2, 0) is 4.79 Å². The normalized spacial score (nSPS) is 11.0. The molecule has 2 aromatic heterocycles. The topological polar surface area (TPSA) is 92.7 Å². The molecule has 0 aliphatic carbocycles. The fourth-order valence-corrected chi connectivity index (χ4v) is 3.50. The molecule has 0 bridgehead atoms. The van der Waals surface area contributed by atoms with Crippen LogP contribution in [0.4, 0.5) is 10.1 Å². The molecule has 0 radical (unpaired) electrons. The van der Waals surface area contributed by atoms with Crippen molar-refractivity contribution in [1.29, 1.82) is 0 Å². The first-order chi connectivity index (χ1) is 14.0. The highest BCUT2D eigenvalue weighted by Crippen LogP contribution is 2.20. The maximum Gasteiger partial charge on any atom is 0.262 e. The first kappa shape index (κ1) is 18.9. The van der Waals surface area contributed by atoms with Crippen molar-refractivity contribution in [2.45, 2.75) is 12.1 Å². The van der Waals surface area contributed by atoms with Gasteiger partial charge in [0.25, 0.3) is 5.56 Å². The van der Waals surface area contributed by atoms with Gasteiger partial charge in [0.2, 0.25) is 5.91 Å². The third kappa shape index (κ3) is 4.04. The zero-order valence-corrected chi connectivity index (χ0v) is 16.2. The van der Waals surface area contributed by atoms with Gasteiger partial charge in [-0.15, -0.1) is 0 Å². The van der Waals surface area contributed by atoms with E-state index in [1.165, 1.54) is 24.4 Å². The Hall–Kier alpha value is -3.46. The van der Waals surface area contributed by atoms with Crippen molar-refractivity contribution in [1.82, 2.24) is 19.7 Å². The summed E-state index contributed by atoms with van der Waals surface area (Å²) in [5.41, 5.74) is 2.26. The number of para-hydroxylation sites is 1. The van der Waals surface area contributed by atoms with Gasteiger partial charge in [0.1, 0.15) is 11.2 Å². The number of aromatic amines is 1. The monoisotopic (exact) mass is 409 g/mol. The molecule has 0 saturated heterocycles. The molecule has 2 aromatic carbocycles. The number of nitrogens with one attached hydrogen (secondary N) is 2. The van der Waals surface area contributed by atoms with Crippen molar-refractivity contribution in [3.05, 3.63) is 76.5 Å². The average Bonchev–Trinajstić information content (AvgIpc) is 3.11. The fourth-order valence-electron chi connectivity index (χ4n) is 2.84. The number of halogens is 1. The number of rotatable bonds is 5. The Labute approximate surface area is 169 Å². The zero-order valence-electron chi connectivity index (χ0n) is 15.3. The highest BCUT2D eigenvalue weighted by Gasteiger charge is 2.14. The summed E-state index contributed by atoms with van der Waals surface area (Å²) in [4.78, 5) is 31.7. The van der Waals surface area contributed by atoms with Crippen LogP contribution in [0.15, 0.2) is 64.7 Å². The largest absolute Gasteiger partial charge is 0.325 e. The van der Waals surface area contributed by atoms with Gasteiger partial charge in [-0.2, -0.15) is 5.10 Å². The predicted octanol–water partition coefficient (Wildman–Crippen LogP) is 3.29. The molecule has 0 aliphatic rings. The number of hydrogen-bond acceptors (Lipinski definition) is 5. The Morgan fingerprint density at radius 3 is 2.86 bits per heavy atom. The van der Waals surface area contributed by atoms with E-state index >= 15 is 0 Å². The van der Waals surface area contributed by atoms with E-state index in [4.69, 9.17) is 0 Å². The number of H-pyrrole nitrogens is 1. The van der Waals surface area contributed by atoms with Gasteiger partial charge in [0.05, 0.1) is 17.6 Å². The number of carbonyl (C=O) groups is 1. The lowest BCUT2D eigenvalue weighted by Gasteiger charge is -2.07. The van der Waals surface area contributed by atoms with Crippen LogP contribution in [0.25, 0.3) is 16.7 Å². The number of carbonyl (C=O) groups excluding carboxylic acids is 1. The van der Waals surface area contributed by atoms with Crippen LogP contribution >= 0.6 is 11.8 Å². The Kier molecular flexibility index (Phi) is 5.13. The molecule has 9 heteroatoms. The quantitative estimate of drug-likeness (QED) is 0.390. The Bertz CT molecular complexity index is 1270. The molecule has 7 nitrogen and oxygen atoms in total. The first-order valence-corrected chi connectivity index (χ1v) is 9.72. The molecule has 1 amide bonds. The second-order valence-electron chi connectivity index (χ2n) is 6.30. The van der Waals surface area contributed by atoms with Crippen molar-refractivity contribution in [2.24, 2.45) is 0 Å². The minimum absolute atomic E-state index is 0.00343. The molecule has 4 aromatic rings. The summed E-state index contributed by atoms with van der Waals surface area (Å²) in [5.74, 6) is -0.768. The number of fused-ring (bicyclic) bond motifs is 1. The van der Waals surface area contributed by atoms with Crippen LogP contribution < -0.4 is 10.9 Å². The summed E-state index contributed by atoms with van der Waals surface area (Å²) in [6.07, 6.45) is 1.47. The summed E-state index contributed by atoms with van der Waals surface area (Å²) in [5, 5.41) is 7.57. The smallest absolute Gasteiger partial charge is 0.262 e. The Balaban J connectivity index is 1.57. The van der Waals surface area contributed by atoms with Crippen LogP contribution in [-0.4, -0.2) is 31.4 Å². The lowest BCUT2D eigenvalue weighted by atomic mass is 10.2. The minimum Gasteiger partial charge on any atom is -0.325 e. The molecule has 2 N–H and O–H groups in total. The van der Waals surface area contributed by atoms with Crippen molar-refractivity contribution in [3.63, 3.8) is 0 Å². The summed E-state index contributed by atoms with van der Waals surface area (Å²) < 4.78 is 14.8. The number of hydrogen-bond donors (Lipinski definition) is 2. The molecule has 2 heterocycles. The van der Waals surface area contributed by atoms with Gasteiger partial charge in [0.15, 0.2) is 10.8 Å². The number of amides is 1. The number of anilines is 1. The third-order valence-corrected chi connectivity index (χ3v) is 5.08. The first-order valence-electron chi connectivity index (χ1n) is 8.73. The van der Waals surface area contributed by atoms with E-state index in [1.807, 2.05) is 31.2 Å². The summed E-state index contributed by atoms with van der Waals surface area (Å²) in [6.45, 7) is 1.95. The van der Waals surface area contributed by atoms with Crippen LogP contribution in [0.3, 0.4) is 0 Å². The minimum atomic E-state index is -0.434. The molecule has 0 unspecified atom stereocenters. The molecule has 0 atom stereocenters. The SMILES string of the molecule is Cc1ccccc1-n1ncc2c(=O)[nH]c(SCC(=O)Nc3cccc(F)c3)nc21. The van der Waals surface area contributed by atoms with Gasteiger partial charge in [-0.25, -0.2) is 14.1 Å². The van der Waals surface area contributed by atoms with E-state index in [0.29, 0.717) is 21.9 Å². The third-order valence-electron chi connectivity index (χ3n) is 4.21. The van der Waals surface area contributed by atoms with E-state index in [2.05, 4.69) is 20.4 Å². The maximum atomic E-state index is 13.2. The van der Waals surface area contributed by atoms with Gasteiger partial charge in [0, 0.05) is 5.69 Å². The molecule has 0 fully saturated rings. The van der Waals surface area contributed by atoms with Crippen LogP contribution in [0, 0.1) is 12.7 Å². The van der Waals surface area contributed by atoms with E-state index < -0.39 is 5.82 Å². The summed E-state index contributed by atoms with van der Waals surface area (Å²) in [6, 6.07) is 13.3. The van der Waals surface area contributed by atoms with Gasteiger partial charge >= 0.3 is 0 Å². The lowest BCUT2D eigenvalue weighted by molar-refractivity contribution is -0.113. The number of aromatic nitrogens is 4. The van der Waals surface area contributed by atoms with E-state index in [9.17, 15) is 14.0 Å². The standard InChI is InChI=1S/C20H16FN5O2S/c1-12-5-2-3-8-16(12)26-18-15(10-22-26)19(28)25-20(24-18)29-11-17(27)23-14-7-4-6-13(21)9-14/h2-10H,11H2,1H3,(H,23,27)(H,24,25,28). The van der Waals surface area contributed by atoms with E-state index in [0.717, 1.165) is 23.0 Å². The number of aryl methyl sites for hydroxylation is 1. The van der Waals surface area contributed by atoms with Gasteiger partial charge in [-0.3, -0.25) is 9.59 Å². The lowest BCUT2D eigenvalue weighted by Crippen LogP contribution is -2.15. The fraction of sp³-hybridized carbons (Fsp3) is 0.100. The Morgan fingerprint density at radius 1 is 1.24 bits per heavy atom. The zero-order chi connectivity index (χ0) is 20.4. The molecule has 146 valence electrons. The van der Waals surface area contributed by atoms with E-state index in [-0.39, 0.29) is 17.2 Å². The van der Waals surface area contributed by atoms with Crippen molar-refractivity contribution < 1.29 is 9.18 Å². The second kappa shape index (κ2) is 7.88. The van der Waals surface area contributed by atoms with Crippen molar-refractivity contribution in [3.8, 4) is 5.69 Å². The summed E-state index contributed by atoms with van der Waals surface area (Å²) in [7, 11) is 0. The molecule has 0 aliphatic heterocycles. The molecule has 0 spiro atoms. The predicted molar refractivity (Wildman–Crippen MR) is 110 cm³/mol. The number of nitrogens with zero attached hydrogens (tertiary/aromatic N) is 3. The maximum absolute atomic E-state index is 13.2. The van der Waals surface area contributed by atoms with Crippen LogP contribution in [0.5, 0.6) is 0 Å². The van der Waals surface area contributed by atoms with Crippen LogP contribution in [0.2, 0.25) is 0 Å². The van der Waals surface area contributed by atoms with Gasteiger partial charge in [-0.05, 0) is 36.8 Å². The highest BCUT2D eigenvalue weighted by molar-refractivity contribution is 7.99. The highest BCUT2D eigenvalue weighted by atomic mass is 32.2. The molecule has 0 saturated carbocycles. The average molecular weight is 409 g/mol. The van der Waals surface area contributed by atoms with Crippen molar-refractivity contribution in [2.75, 3.05) is 11.1 Å². The van der Waals surface area contributed by atoms with Crippen LogP contribution in [0.1, 0.15) is 5.56 Å². The molecule has 4 rings (SSSR count). The van der Waals surface area contributed by atoms with Gasteiger partial charge < -0.3 is 10.3 Å². The van der Waals surface area contributed by atoms with E-state index in [1.54, 1.807) is 10.7 Å². The number of benzene rings is 2. The molecular formula is C20H16FN5O2S. The second-order valence-corrected chi connectivity index (χ2v) is 7.26. The Morgan fingerprint density at radius 2 is 2.07 bits per heavy atom. The molecular weight excluding hydrogens is 393 g/mol. The van der Waals surface area contributed by atoms with Crippen molar-refractivity contribution >= 4 is 34.4 Å². The summed E-state index contributed by atoms with van der Waals surface area (Å²) >= 11 is 1.08.